The quantitative estimate of drug-likeness (QED) is 0.818. The summed E-state index contributed by atoms with van der Waals surface area (Å²) in [4.78, 5) is 11.4. The zero-order valence-corrected chi connectivity index (χ0v) is 12.0. The van der Waals surface area contributed by atoms with Crippen LogP contribution in [0.1, 0.15) is 24.5 Å². The number of aliphatic hydroxyl groups excluding tert-OH is 1. The highest BCUT2D eigenvalue weighted by Crippen LogP contribution is 2.35. The van der Waals surface area contributed by atoms with Crippen molar-refractivity contribution in [1.29, 1.82) is 0 Å². The fourth-order valence-corrected chi connectivity index (χ4v) is 1.72. The smallest absolute Gasteiger partial charge is 0.393 e. The second-order valence-electron chi connectivity index (χ2n) is 4.50. The molecule has 0 heterocycles. The first-order chi connectivity index (χ1) is 9.70. The summed E-state index contributed by atoms with van der Waals surface area (Å²) >= 11 is 5.49. The van der Waals surface area contributed by atoms with Crippen molar-refractivity contribution in [3.63, 3.8) is 0 Å². The lowest BCUT2D eigenvalue weighted by Crippen LogP contribution is -2.24. The first-order valence-electron chi connectivity index (χ1n) is 6.21. The molecule has 1 unspecified atom stereocenters. The van der Waals surface area contributed by atoms with Crippen molar-refractivity contribution in [2.75, 3.05) is 6.54 Å². The lowest BCUT2D eigenvalue weighted by atomic mass is 10.1. The highest BCUT2D eigenvalue weighted by Gasteiger charge is 2.33. The zero-order valence-electron chi connectivity index (χ0n) is 11.2. The molecular weight excluding hydrogens is 307 g/mol. The van der Waals surface area contributed by atoms with Gasteiger partial charge in [0.1, 0.15) is 0 Å². The fourth-order valence-electron chi connectivity index (χ4n) is 1.50. The highest BCUT2D eigenvalue weighted by molar-refractivity contribution is 6.31. The Morgan fingerprint density at radius 1 is 1.48 bits per heavy atom. The monoisotopic (exact) mass is 321 g/mol. The van der Waals surface area contributed by atoms with E-state index in [1.165, 1.54) is 12.1 Å². The summed E-state index contributed by atoms with van der Waals surface area (Å²) in [6, 6.07) is 3.40. The standard InChI is InChI=1S/C14H15ClF3NO2/c1-9(20)6-7-19-13(21)5-3-10-2-4-12(15)11(8-10)14(16,17)18/h2-5,8-9,20H,6-7H2,1H3,(H,19,21). The normalized spacial score (nSPS) is 13.4. The van der Waals surface area contributed by atoms with Crippen LogP contribution in [-0.2, 0) is 11.0 Å². The Hall–Kier alpha value is -1.53. The number of benzene rings is 1. The van der Waals surface area contributed by atoms with Gasteiger partial charge in [0, 0.05) is 12.6 Å². The van der Waals surface area contributed by atoms with Gasteiger partial charge in [-0.1, -0.05) is 17.7 Å². The lowest BCUT2D eigenvalue weighted by molar-refractivity contribution is -0.137. The average Bonchev–Trinajstić information content (AvgIpc) is 2.36. The molecule has 0 saturated carbocycles. The Kier molecular flexibility index (Phi) is 6.23. The summed E-state index contributed by atoms with van der Waals surface area (Å²) in [6.45, 7) is 1.88. The molecule has 1 atom stereocenters. The van der Waals surface area contributed by atoms with Crippen LogP contribution in [0.2, 0.25) is 5.02 Å². The van der Waals surface area contributed by atoms with Gasteiger partial charge in [0.2, 0.25) is 5.91 Å². The number of alkyl halides is 3. The van der Waals surface area contributed by atoms with Crippen molar-refractivity contribution in [3.8, 4) is 0 Å². The maximum atomic E-state index is 12.7. The van der Waals surface area contributed by atoms with Gasteiger partial charge < -0.3 is 10.4 Å². The number of amides is 1. The van der Waals surface area contributed by atoms with E-state index in [9.17, 15) is 18.0 Å². The van der Waals surface area contributed by atoms with Gasteiger partial charge in [0.25, 0.3) is 0 Å². The second-order valence-corrected chi connectivity index (χ2v) is 4.91. The molecule has 1 aromatic rings. The molecule has 2 N–H and O–H groups in total. The zero-order chi connectivity index (χ0) is 16.0. The van der Waals surface area contributed by atoms with Crippen LogP contribution in [0.25, 0.3) is 6.08 Å². The maximum Gasteiger partial charge on any atom is 0.417 e. The van der Waals surface area contributed by atoms with Gasteiger partial charge in [0.15, 0.2) is 0 Å². The molecule has 1 aromatic carbocycles. The van der Waals surface area contributed by atoms with Gasteiger partial charge in [-0.15, -0.1) is 0 Å². The van der Waals surface area contributed by atoms with E-state index < -0.39 is 23.8 Å². The number of aliphatic hydroxyl groups is 1. The van der Waals surface area contributed by atoms with Gasteiger partial charge in [-0.2, -0.15) is 13.2 Å². The number of carbonyl (C=O) groups excluding carboxylic acids is 1. The van der Waals surface area contributed by atoms with E-state index in [1.807, 2.05) is 0 Å². The molecular formula is C14H15ClF3NO2. The van der Waals surface area contributed by atoms with E-state index in [2.05, 4.69) is 5.32 Å². The van der Waals surface area contributed by atoms with Crippen LogP contribution in [0.15, 0.2) is 24.3 Å². The minimum absolute atomic E-state index is 0.220. The van der Waals surface area contributed by atoms with Gasteiger partial charge in [-0.3, -0.25) is 4.79 Å². The summed E-state index contributed by atoms with van der Waals surface area (Å²) < 4.78 is 38.0. The summed E-state index contributed by atoms with van der Waals surface area (Å²) in [5.41, 5.74) is -0.724. The molecule has 0 radical (unpaired) electrons. The summed E-state index contributed by atoms with van der Waals surface area (Å²) in [7, 11) is 0. The number of nitrogens with one attached hydrogen (secondary N) is 1. The van der Waals surface area contributed by atoms with Crippen LogP contribution in [-0.4, -0.2) is 23.7 Å². The summed E-state index contributed by atoms with van der Waals surface area (Å²) in [5, 5.41) is 11.1. The van der Waals surface area contributed by atoms with E-state index in [0.29, 0.717) is 6.42 Å². The van der Waals surface area contributed by atoms with E-state index in [-0.39, 0.29) is 17.1 Å². The second kappa shape index (κ2) is 7.47. The predicted octanol–water partition coefficient (Wildman–Crippen LogP) is 3.26. The predicted molar refractivity (Wildman–Crippen MR) is 74.8 cm³/mol. The third-order valence-corrected chi connectivity index (χ3v) is 2.91. The Morgan fingerprint density at radius 2 is 2.14 bits per heavy atom. The topological polar surface area (TPSA) is 49.3 Å². The minimum Gasteiger partial charge on any atom is -0.393 e. The molecule has 1 amide bonds. The largest absolute Gasteiger partial charge is 0.417 e. The van der Waals surface area contributed by atoms with Crippen LogP contribution in [0, 0.1) is 0 Å². The molecule has 1 rings (SSSR count). The molecule has 0 aliphatic rings. The van der Waals surface area contributed by atoms with Crippen molar-refractivity contribution >= 4 is 23.6 Å². The SMILES string of the molecule is CC(O)CCNC(=O)C=Cc1ccc(Cl)c(C(F)(F)F)c1. The molecule has 0 spiro atoms. The van der Waals surface area contributed by atoms with Crippen molar-refractivity contribution in [2.24, 2.45) is 0 Å². The molecule has 3 nitrogen and oxygen atoms in total. The molecule has 0 aromatic heterocycles. The van der Waals surface area contributed by atoms with Crippen molar-refractivity contribution in [3.05, 3.63) is 40.4 Å². The third kappa shape index (κ3) is 6.18. The Balaban J connectivity index is 2.70. The van der Waals surface area contributed by atoms with Crippen LogP contribution >= 0.6 is 11.6 Å². The lowest BCUT2D eigenvalue weighted by Gasteiger charge is -2.09. The number of rotatable bonds is 5. The molecule has 0 fully saturated rings. The molecule has 0 aliphatic carbocycles. The molecule has 7 heteroatoms. The Bertz CT molecular complexity index is 527. The first kappa shape index (κ1) is 17.5. The first-order valence-corrected chi connectivity index (χ1v) is 6.58. The van der Waals surface area contributed by atoms with Crippen LogP contribution in [0.4, 0.5) is 13.2 Å². The number of carbonyl (C=O) groups is 1. The van der Waals surface area contributed by atoms with Gasteiger partial charge in [0.05, 0.1) is 16.7 Å². The van der Waals surface area contributed by atoms with Crippen LogP contribution < -0.4 is 5.32 Å². The molecule has 0 aliphatic heterocycles. The van der Waals surface area contributed by atoms with E-state index in [1.54, 1.807) is 6.92 Å². The fraction of sp³-hybridized carbons (Fsp3) is 0.357. The van der Waals surface area contributed by atoms with Crippen molar-refractivity contribution < 1.29 is 23.1 Å². The van der Waals surface area contributed by atoms with Gasteiger partial charge in [-0.25, -0.2) is 0 Å². The van der Waals surface area contributed by atoms with Gasteiger partial charge in [-0.05, 0) is 37.1 Å². The summed E-state index contributed by atoms with van der Waals surface area (Å²) in [6.07, 6.45) is -2.27. The molecule has 21 heavy (non-hydrogen) atoms. The van der Waals surface area contributed by atoms with Crippen molar-refractivity contribution in [1.82, 2.24) is 5.32 Å². The number of halogens is 4. The van der Waals surface area contributed by atoms with E-state index in [4.69, 9.17) is 16.7 Å². The average molecular weight is 322 g/mol. The van der Waals surface area contributed by atoms with Crippen LogP contribution in [0.5, 0.6) is 0 Å². The molecule has 0 bridgehead atoms. The maximum absolute atomic E-state index is 12.7. The van der Waals surface area contributed by atoms with Gasteiger partial charge >= 0.3 is 6.18 Å². The molecule has 116 valence electrons. The number of hydrogen-bond donors (Lipinski definition) is 2. The highest BCUT2D eigenvalue weighted by atomic mass is 35.5. The third-order valence-electron chi connectivity index (χ3n) is 2.58. The minimum atomic E-state index is -4.54. The van der Waals surface area contributed by atoms with E-state index in [0.717, 1.165) is 18.2 Å². The Morgan fingerprint density at radius 3 is 2.71 bits per heavy atom. The van der Waals surface area contributed by atoms with E-state index >= 15 is 0 Å². The van der Waals surface area contributed by atoms with Crippen molar-refractivity contribution in [2.45, 2.75) is 25.6 Å². The molecule has 0 saturated heterocycles. The number of hydrogen-bond acceptors (Lipinski definition) is 2. The van der Waals surface area contributed by atoms with Crippen LogP contribution in [0.3, 0.4) is 0 Å². The Labute approximate surface area is 125 Å². The summed E-state index contributed by atoms with van der Waals surface area (Å²) in [5.74, 6) is -0.445.